The number of anilines is 1. The molecule has 11 heteroatoms. The third kappa shape index (κ3) is 3.99. The third-order valence-electron chi connectivity index (χ3n) is 3.47. The number of nitrogens with zero attached hydrogens (tertiary/aromatic N) is 3. The Kier molecular flexibility index (Phi) is 4.57. The van der Waals surface area contributed by atoms with Gasteiger partial charge in [0.2, 0.25) is 0 Å². The summed E-state index contributed by atoms with van der Waals surface area (Å²) in [6, 6.07) is 1.25. The van der Waals surface area contributed by atoms with Crippen molar-refractivity contribution in [1.29, 1.82) is 0 Å². The first kappa shape index (κ1) is 16.8. The van der Waals surface area contributed by atoms with Crippen LogP contribution in [0.1, 0.15) is 6.42 Å². The van der Waals surface area contributed by atoms with Crippen molar-refractivity contribution in [3.8, 4) is 0 Å². The van der Waals surface area contributed by atoms with E-state index in [0.717, 1.165) is 11.1 Å². The Labute approximate surface area is 128 Å². The van der Waals surface area contributed by atoms with Crippen LogP contribution in [0, 0.1) is 16.0 Å². The average molecular weight is 334 g/mol. The lowest BCUT2D eigenvalue weighted by Crippen LogP contribution is -2.49. The molecule has 2 heterocycles. The molecule has 1 saturated heterocycles. The highest BCUT2D eigenvalue weighted by Gasteiger charge is 2.46. The molecule has 0 radical (unpaired) electrons. The summed E-state index contributed by atoms with van der Waals surface area (Å²) in [5, 5.41) is 11.0. The highest BCUT2D eigenvalue weighted by molar-refractivity contribution is 5.65. The number of carbonyl (C=O) groups excluding carboxylic acids is 1. The van der Waals surface area contributed by atoms with Crippen molar-refractivity contribution in [2.45, 2.75) is 18.7 Å². The van der Waals surface area contributed by atoms with Gasteiger partial charge in [0, 0.05) is 12.7 Å². The fraction of sp³-hybridized carbons (Fsp3) is 0.500. The molecule has 1 amide bonds. The van der Waals surface area contributed by atoms with E-state index in [1.807, 2.05) is 0 Å². The van der Waals surface area contributed by atoms with Gasteiger partial charge in [0.15, 0.2) is 0 Å². The highest BCUT2D eigenvalue weighted by Crippen LogP contribution is 2.37. The summed E-state index contributed by atoms with van der Waals surface area (Å²) in [4.78, 5) is 25.9. The molecular formula is C12H13F3N4O4. The van der Waals surface area contributed by atoms with E-state index in [4.69, 9.17) is 5.73 Å². The number of hydrogen-bond donors (Lipinski definition) is 1. The predicted octanol–water partition coefficient (Wildman–Crippen LogP) is 1.84. The van der Waals surface area contributed by atoms with E-state index in [2.05, 4.69) is 9.72 Å². The van der Waals surface area contributed by atoms with E-state index < -0.39 is 47.9 Å². The number of primary amides is 1. The number of rotatable bonds is 3. The average Bonchev–Trinajstić information content (AvgIpc) is 2.45. The molecule has 8 nitrogen and oxygen atoms in total. The van der Waals surface area contributed by atoms with Crippen LogP contribution >= 0.6 is 0 Å². The minimum absolute atomic E-state index is 0.0166. The summed E-state index contributed by atoms with van der Waals surface area (Å²) in [6.45, 7) is -0.604. The zero-order valence-electron chi connectivity index (χ0n) is 11.7. The van der Waals surface area contributed by atoms with Crippen molar-refractivity contribution in [1.82, 2.24) is 4.98 Å². The van der Waals surface area contributed by atoms with Crippen molar-refractivity contribution in [3.05, 3.63) is 28.6 Å². The van der Waals surface area contributed by atoms with Gasteiger partial charge in [-0.15, -0.1) is 0 Å². The van der Waals surface area contributed by atoms with Gasteiger partial charge in [-0.25, -0.2) is 4.79 Å². The number of aromatic nitrogens is 1. The molecular weight excluding hydrogens is 321 g/mol. The number of halogens is 3. The zero-order chi connectivity index (χ0) is 17.2. The van der Waals surface area contributed by atoms with Gasteiger partial charge < -0.3 is 15.4 Å². The number of nitrogens with two attached hydrogens (primary N) is 1. The largest absolute Gasteiger partial charge is 0.444 e. The predicted molar refractivity (Wildman–Crippen MR) is 71.7 cm³/mol. The van der Waals surface area contributed by atoms with Gasteiger partial charge in [0.1, 0.15) is 18.0 Å². The van der Waals surface area contributed by atoms with Crippen LogP contribution < -0.4 is 10.6 Å². The molecule has 1 aliphatic rings. The summed E-state index contributed by atoms with van der Waals surface area (Å²) in [6.07, 6.45) is -5.08. The monoisotopic (exact) mass is 334 g/mol. The minimum Gasteiger partial charge on any atom is -0.444 e. The molecule has 1 aromatic heterocycles. The van der Waals surface area contributed by atoms with E-state index in [-0.39, 0.29) is 12.2 Å². The van der Waals surface area contributed by atoms with Gasteiger partial charge in [0.25, 0.3) is 0 Å². The Balaban J connectivity index is 2.33. The summed E-state index contributed by atoms with van der Waals surface area (Å²) < 4.78 is 43.8. The fourth-order valence-electron chi connectivity index (χ4n) is 2.52. The van der Waals surface area contributed by atoms with Gasteiger partial charge in [-0.1, -0.05) is 0 Å². The second-order valence-electron chi connectivity index (χ2n) is 5.06. The normalized spacial score (nSPS) is 21.8. The number of ether oxygens (including phenoxy) is 1. The van der Waals surface area contributed by atoms with Crippen LogP contribution in [-0.2, 0) is 4.74 Å². The third-order valence-corrected chi connectivity index (χ3v) is 3.47. The lowest BCUT2D eigenvalue weighted by atomic mass is 9.94. The Morgan fingerprint density at radius 1 is 1.48 bits per heavy atom. The van der Waals surface area contributed by atoms with Crippen molar-refractivity contribution < 1.29 is 27.6 Å². The summed E-state index contributed by atoms with van der Waals surface area (Å²) in [5.41, 5.74) is 4.42. The van der Waals surface area contributed by atoms with Crippen LogP contribution in [0.2, 0.25) is 0 Å². The van der Waals surface area contributed by atoms with Crippen molar-refractivity contribution in [2.24, 2.45) is 11.7 Å². The highest BCUT2D eigenvalue weighted by atomic mass is 19.4. The lowest BCUT2D eigenvalue weighted by Gasteiger charge is -2.38. The minimum atomic E-state index is -4.53. The van der Waals surface area contributed by atoms with Crippen molar-refractivity contribution in [3.63, 3.8) is 0 Å². The molecule has 0 saturated carbocycles. The van der Waals surface area contributed by atoms with Crippen LogP contribution in [0.15, 0.2) is 18.5 Å². The molecule has 1 fully saturated rings. The first-order chi connectivity index (χ1) is 10.7. The quantitative estimate of drug-likeness (QED) is 0.667. The lowest BCUT2D eigenvalue weighted by molar-refractivity contribution is -0.384. The van der Waals surface area contributed by atoms with Gasteiger partial charge >= 0.3 is 18.0 Å². The molecule has 0 bridgehead atoms. The maximum atomic E-state index is 13.1. The summed E-state index contributed by atoms with van der Waals surface area (Å²) in [5.74, 6) is -1.80. The number of nitro groups is 1. The zero-order valence-corrected chi connectivity index (χ0v) is 11.7. The van der Waals surface area contributed by atoms with Gasteiger partial charge in [-0.05, 0) is 12.5 Å². The molecule has 2 N–H and O–H groups in total. The van der Waals surface area contributed by atoms with E-state index in [1.54, 1.807) is 0 Å². The Hall–Kier alpha value is -2.59. The van der Waals surface area contributed by atoms with Crippen LogP contribution in [0.25, 0.3) is 0 Å². The van der Waals surface area contributed by atoms with Crippen LogP contribution in [0.4, 0.5) is 29.3 Å². The van der Waals surface area contributed by atoms with E-state index in [0.29, 0.717) is 0 Å². The van der Waals surface area contributed by atoms with Gasteiger partial charge in [-0.2, -0.15) is 13.2 Å². The van der Waals surface area contributed by atoms with E-state index >= 15 is 0 Å². The SMILES string of the molecule is NC(=O)O[C@H]1C[C@@H](C(F)(F)F)CN(c2ccncc2[N+](=O)[O-])C1. The molecule has 126 valence electrons. The van der Waals surface area contributed by atoms with Crippen molar-refractivity contribution in [2.75, 3.05) is 18.0 Å². The van der Waals surface area contributed by atoms with Crippen LogP contribution in [-0.4, -0.2) is 41.4 Å². The molecule has 1 aliphatic heterocycles. The molecule has 0 aromatic carbocycles. The number of hydrogen-bond acceptors (Lipinski definition) is 6. The second kappa shape index (κ2) is 6.26. The molecule has 0 unspecified atom stereocenters. The first-order valence-electron chi connectivity index (χ1n) is 6.54. The van der Waals surface area contributed by atoms with Gasteiger partial charge in [0.05, 0.1) is 17.4 Å². The number of carbonyl (C=O) groups is 1. The summed E-state index contributed by atoms with van der Waals surface area (Å²) in [7, 11) is 0. The van der Waals surface area contributed by atoms with E-state index in [1.165, 1.54) is 12.3 Å². The Morgan fingerprint density at radius 3 is 2.74 bits per heavy atom. The van der Waals surface area contributed by atoms with Crippen molar-refractivity contribution >= 4 is 17.5 Å². The Morgan fingerprint density at radius 2 is 2.17 bits per heavy atom. The van der Waals surface area contributed by atoms with E-state index in [9.17, 15) is 28.1 Å². The molecule has 0 aliphatic carbocycles. The molecule has 2 rings (SSSR count). The first-order valence-corrected chi connectivity index (χ1v) is 6.54. The van der Waals surface area contributed by atoms with Gasteiger partial charge in [-0.3, -0.25) is 15.1 Å². The molecule has 0 spiro atoms. The number of amides is 1. The Bertz CT molecular complexity index is 610. The number of pyridine rings is 1. The topological polar surface area (TPSA) is 112 Å². The number of piperidine rings is 1. The molecule has 1 aromatic rings. The smallest absolute Gasteiger partial charge is 0.404 e. The maximum Gasteiger partial charge on any atom is 0.404 e. The molecule has 23 heavy (non-hydrogen) atoms. The van der Waals surface area contributed by atoms with Crippen LogP contribution in [0.3, 0.4) is 0 Å². The fourth-order valence-corrected chi connectivity index (χ4v) is 2.52. The maximum absolute atomic E-state index is 13.1. The standard InChI is InChI=1S/C12H13F3N4O4/c13-12(14,15)7-3-8(23-11(16)20)6-18(5-7)9-1-2-17-4-10(9)19(21)22/h1-2,4,7-8H,3,5-6H2,(H2,16,20)/t7-,8+/m1/s1. The molecule has 2 atom stereocenters. The number of alkyl halides is 3. The van der Waals surface area contributed by atoms with Crippen LogP contribution in [0.5, 0.6) is 0 Å². The summed E-state index contributed by atoms with van der Waals surface area (Å²) >= 11 is 0. The second-order valence-corrected chi connectivity index (χ2v) is 5.06.